The molecule has 160 valence electrons. The molecule has 2 aromatic carbocycles. The van der Waals surface area contributed by atoms with E-state index in [4.69, 9.17) is 9.47 Å². The third kappa shape index (κ3) is 5.95. The first kappa shape index (κ1) is 21.6. The second kappa shape index (κ2) is 10.6. The highest BCUT2D eigenvalue weighted by molar-refractivity contribution is 5.78. The molecule has 7 nitrogen and oxygen atoms in total. The van der Waals surface area contributed by atoms with E-state index in [1.807, 2.05) is 19.1 Å². The molecule has 0 bridgehead atoms. The van der Waals surface area contributed by atoms with Crippen molar-refractivity contribution < 1.29 is 19.2 Å². The lowest BCUT2D eigenvalue weighted by Gasteiger charge is -2.32. The first-order chi connectivity index (χ1) is 14.6. The van der Waals surface area contributed by atoms with Crippen LogP contribution in [-0.2, 0) is 11.2 Å². The monoisotopic (exact) mass is 412 g/mol. The van der Waals surface area contributed by atoms with Gasteiger partial charge in [-0.1, -0.05) is 24.3 Å². The number of benzene rings is 2. The molecule has 0 radical (unpaired) electrons. The van der Waals surface area contributed by atoms with Crippen LogP contribution in [0.1, 0.15) is 31.7 Å². The van der Waals surface area contributed by atoms with Crippen LogP contribution in [0.4, 0.5) is 5.69 Å². The summed E-state index contributed by atoms with van der Waals surface area (Å²) < 4.78 is 10.9. The van der Waals surface area contributed by atoms with Crippen LogP contribution in [0.3, 0.4) is 0 Å². The van der Waals surface area contributed by atoms with E-state index >= 15 is 0 Å². The van der Waals surface area contributed by atoms with Crippen LogP contribution in [0.5, 0.6) is 11.5 Å². The molecule has 1 amide bonds. The summed E-state index contributed by atoms with van der Waals surface area (Å²) in [5.41, 5.74) is 1.17. The first-order valence-corrected chi connectivity index (χ1v) is 10.4. The molecular weight excluding hydrogens is 384 g/mol. The van der Waals surface area contributed by atoms with Gasteiger partial charge in [-0.2, -0.15) is 0 Å². The van der Waals surface area contributed by atoms with Gasteiger partial charge in [0.2, 0.25) is 0 Å². The van der Waals surface area contributed by atoms with Gasteiger partial charge in [0, 0.05) is 19.2 Å². The van der Waals surface area contributed by atoms with Crippen molar-refractivity contribution in [2.75, 3.05) is 26.3 Å². The first-order valence-electron chi connectivity index (χ1n) is 10.4. The third-order valence-corrected chi connectivity index (χ3v) is 5.46. The van der Waals surface area contributed by atoms with Crippen LogP contribution >= 0.6 is 0 Å². The van der Waals surface area contributed by atoms with E-state index in [0.29, 0.717) is 25.6 Å². The Balaban J connectivity index is 1.40. The maximum absolute atomic E-state index is 12.4. The minimum Gasteiger partial charge on any atom is -0.494 e. The van der Waals surface area contributed by atoms with Gasteiger partial charge in [0.15, 0.2) is 12.4 Å². The van der Waals surface area contributed by atoms with Crippen LogP contribution in [0.15, 0.2) is 48.5 Å². The highest BCUT2D eigenvalue weighted by Crippen LogP contribution is 2.26. The van der Waals surface area contributed by atoms with E-state index in [-0.39, 0.29) is 24.0 Å². The Morgan fingerprint density at radius 3 is 2.47 bits per heavy atom. The second-order valence-corrected chi connectivity index (χ2v) is 7.45. The number of para-hydroxylation sites is 2. The number of carbonyl (C=O) groups is 1. The van der Waals surface area contributed by atoms with Gasteiger partial charge in [-0.15, -0.1) is 0 Å². The van der Waals surface area contributed by atoms with Gasteiger partial charge in [-0.3, -0.25) is 14.9 Å². The highest BCUT2D eigenvalue weighted by atomic mass is 16.6. The van der Waals surface area contributed by atoms with Crippen molar-refractivity contribution in [2.45, 2.75) is 32.6 Å². The van der Waals surface area contributed by atoms with Crippen molar-refractivity contribution in [3.8, 4) is 11.5 Å². The normalized spacial score (nSPS) is 14.4. The summed E-state index contributed by atoms with van der Waals surface area (Å²) in [4.78, 5) is 24.8. The Kier molecular flexibility index (Phi) is 7.65. The van der Waals surface area contributed by atoms with E-state index in [0.717, 1.165) is 31.4 Å². The van der Waals surface area contributed by atoms with Gasteiger partial charge >= 0.3 is 5.69 Å². The standard InChI is InChI=1S/C23H28N2O5/c1-2-29-20-11-9-18(10-12-20)7-8-19-13-15-24(16-14-19)23(26)17-30-22-6-4-3-5-21(22)25(27)28/h3-6,9-12,19H,2,7-8,13-17H2,1H3. The third-order valence-electron chi connectivity index (χ3n) is 5.46. The lowest BCUT2D eigenvalue weighted by molar-refractivity contribution is -0.385. The summed E-state index contributed by atoms with van der Waals surface area (Å²) in [6.45, 7) is 3.87. The Bertz CT molecular complexity index is 845. The zero-order valence-corrected chi connectivity index (χ0v) is 17.3. The molecule has 1 heterocycles. The van der Waals surface area contributed by atoms with Crippen LogP contribution in [0.2, 0.25) is 0 Å². The number of rotatable bonds is 9. The molecule has 0 atom stereocenters. The van der Waals surface area contributed by atoms with Crippen LogP contribution in [0, 0.1) is 16.0 Å². The lowest BCUT2D eigenvalue weighted by Crippen LogP contribution is -2.41. The number of aryl methyl sites for hydroxylation is 1. The molecule has 1 fully saturated rings. The van der Waals surface area contributed by atoms with Gasteiger partial charge < -0.3 is 14.4 Å². The topological polar surface area (TPSA) is 81.9 Å². The Hall–Kier alpha value is -3.09. The molecule has 0 aliphatic carbocycles. The number of nitrogens with zero attached hydrogens (tertiary/aromatic N) is 2. The van der Waals surface area contributed by atoms with Crippen molar-refractivity contribution in [1.82, 2.24) is 4.90 Å². The second-order valence-electron chi connectivity index (χ2n) is 7.45. The lowest BCUT2D eigenvalue weighted by atomic mass is 9.90. The molecule has 30 heavy (non-hydrogen) atoms. The van der Waals surface area contributed by atoms with Crippen molar-refractivity contribution in [1.29, 1.82) is 0 Å². The molecule has 0 unspecified atom stereocenters. The molecule has 3 rings (SSSR count). The number of likely N-dealkylation sites (tertiary alicyclic amines) is 1. The molecule has 0 spiro atoms. The van der Waals surface area contributed by atoms with Crippen LogP contribution in [-0.4, -0.2) is 42.0 Å². The van der Waals surface area contributed by atoms with Crippen molar-refractivity contribution in [2.24, 2.45) is 5.92 Å². The molecule has 0 N–H and O–H groups in total. The zero-order valence-electron chi connectivity index (χ0n) is 17.3. The molecule has 1 aliphatic rings. The average Bonchev–Trinajstić information content (AvgIpc) is 2.77. The number of nitro groups is 1. The summed E-state index contributed by atoms with van der Waals surface area (Å²) in [6, 6.07) is 14.4. The Morgan fingerprint density at radius 2 is 1.80 bits per heavy atom. The number of piperidine rings is 1. The maximum atomic E-state index is 12.4. The predicted octanol–water partition coefficient (Wildman–Crippen LogP) is 4.24. The molecule has 0 saturated carbocycles. The van der Waals surface area contributed by atoms with Gasteiger partial charge in [0.25, 0.3) is 5.91 Å². The number of amides is 1. The van der Waals surface area contributed by atoms with E-state index in [9.17, 15) is 14.9 Å². The number of hydrogen-bond acceptors (Lipinski definition) is 5. The minimum atomic E-state index is -0.504. The summed E-state index contributed by atoms with van der Waals surface area (Å²) >= 11 is 0. The fourth-order valence-corrected chi connectivity index (χ4v) is 3.72. The SMILES string of the molecule is CCOc1ccc(CCC2CCN(C(=O)COc3ccccc3[N+](=O)[O-])CC2)cc1. The highest BCUT2D eigenvalue weighted by Gasteiger charge is 2.24. The van der Waals surface area contributed by atoms with E-state index < -0.39 is 4.92 Å². The summed E-state index contributed by atoms with van der Waals surface area (Å²) in [7, 11) is 0. The summed E-state index contributed by atoms with van der Waals surface area (Å²) in [6.07, 6.45) is 4.05. The van der Waals surface area contributed by atoms with Crippen LogP contribution in [0.25, 0.3) is 0 Å². The number of nitro benzene ring substituents is 1. The fourth-order valence-electron chi connectivity index (χ4n) is 3.72. The number of ether oxygens (including phenoxy) is 2. The smallest absolute Gasteiger partial charge is 0.310 e. The predicted molar refractivity (Wildman–Crippen MR) is 114 cm³/mol. The largest absolute Gasteiger partial charge is 0.494 e. The van der Waals surface area contributed by atoms with E-state index in [2.05, 4.69) is 12.1 Å². The molecule has 7 heteroatoms. The molecule has 2 aromatic rings. The molecular formula is C23H28N2O5. The summed E-state index contributed by atoms with van der Waals surface area (Å²) in [5.74, 6) is 1.49. The van der Waals surface area contributed by atoms with E-state index in [1.54, 1.807) is 17.0 Å². The number of carbonyl (C=O) groups excluding carboxylic acids is 1. The Morgan fingerprint density at radius 1 is 1.10 bits per heavy atom. The molecule has 0 aromatic heterocycles. The van der Waals surface area contributed by atoms with Gasteiger partial charge in [0.1, 0.15) is 5.75 Å². The van der Waals surface area contributed by atoms with Crippen molar-refractivity contribution >= 4 is 11.6 Å². The average molecular weight is 412 g/mol. The van der Waals surface area contributed by atoms with Crippen molar-refractivity contribution in [3.63, 3.8) is 0 Å². The quantitative estimate of drug-likeness (QED) is 0.454. The maximum Gasteiger partial charge on any atom is 0.310 e. The van der Waals surface area contributed by atoms with Gasteiger partial charge in [-0.25, -0.2) is 0 Å². The van der Waals surface area contributed by atoms with Gasteiger partial charge in [0.05, 0.1) is 11.5 Å². The zero-order chi connectivity index (χ0) is 21.3. The molecule has 1 aliphatic heterocycles. The number of hydrogen-bond donors (Lipinski definition) is 0. The van der Waals surface area contributed by atoms with Crippen LogP contribution < -0.4 is 9.47 Å². The molecule has 1 saturated heterocycles. The van der Waals surface area contributed by atoms with E-state index in [1.165, 1.54) is 17.7 Å². The van der Waals surface area contributed by atoms with Gasteiger partial charge in [-0.05, 0) is 62.3 Å². The Labute approximate surface area is 176 Å². The van der Waals surface area contributed by atoms with Crippen molar-refractivity contribution in [3.05, 3.63) is 64.2 Å². The minimum absolute atomic E-state index is 0.126. The fraction of sp³-hybridized carbons (Fsp3) is 0.435. The summed E-state index contributed by atoms with van der Waals surface area (Å²) in [5, 5.41) is 11.0.